The first-order chi connectivity index (χ1) is 14.2. The van der Waals surface area contributed by atoms with Gasteiger partial charge in [0.25, 0.3) is 0 Å². The molecule has 0 aliphatic rings. The lowest BCUT2D eigenvalue weighted by molar-refractivity contribution is -0.125. The fourth-order valence-electron chi connectivity index (χ4n) is 2.92. The highest BCUT2D eigenvalue weighted by Gasteiger charge is 2.06. The van der Waals surface area contributed by atoms with E-state index < -0.39 is 0 Å². The lowest BCUT2D eigenvalue weighted by atomic mass is 10.2. The molecule has 0 aliphatic carbocycles. The van der Waals surface area contributed by atoms with Crippen LogP contribution in [0.2, 0.25) is 0 Å². The smallest absolute Gasteiger partial charge is 0.246 e. The standard InChI is InChI=1S/C23H21N3O2S/c1-25(14-19-11-13-29-17-19)23(27)10-7-18-5-8-21(9-6-18)28-16-20-15-26-12-3-2-4-22(26)24-20/h2-13,15,17H,14,16H2,1H3. The summed E-state index contributed by atoms with van der Waals surface area (Å²) in [6, 6.07) is 15.6. The third kappa shape index (κ3) is 4.92. The molecule has 0 aliphatic heterocycles. The molecule has 4 aromatic rings. The van der Waals surface area contributed by atoms with Gasteiger partial charge in [0.2, 0.25) is 5.91 Å². The van der Waals surface area contributed by atoms with Crippen LogP contribution in [-0.4, -0.2) is 27.2 Å². The fourth-order valence-corrected chi connectivity index (χ4v) is 3.58. The Balaban J connectivity index is 1.31. The molecular formula is C23H21N3O2S. The number of aromatic nitrogens is 2. The van der Waals surface area contributed by atoms with Crippen LogP contribution in [0, 0.1) is 0 Å². The van der Waals surface area contributed by atoms with Crippen molar-refractivity contribution in [1.29, 1.82) is 0 Å². The summed E-state index contributed by atoms with van der Waals surface area (Å²) in [6.45, 7) is 1.02. The first kappa shape index (κ1) is 19.0. The monoisotopic (exact) mass is 403 g/mol. The van der Waals surface area contributed by atoms with Gasteiger partial charge in [0.05, 0.1) is 5.69 Å². The van der Waals surface area contributed by atoms with Crippen molar-refractivity contribution in [1.82, 2.24) is 14.3 Å². The molecule has 0 N–H and O–H groups in total. The number of thiophene rings is 1. The van der Waals surface area contributed by atoms with Gasteiger partial charge >= 0.3 is 0 Å². The van der Waals surface area contributed by atoms with Crippen LogP contribution in [0.15, 0.2) is 77.8 Å². The molecule has 0 atom stereocenters. The predicted octanol–water partition coefficient (Wildman–Crippen LogP) is 4.65. The van der Waals surface area contributed by atoms with Crippen LogP contribution in [0.3, 0.4) is 0 Å². The normalized spacial score (nSPS) is 11.2. The van der Waals surface area contributed by atoms with Gasteiger partial charge in [-0.2, -0.15) is 11.3 Å². The van der Waals surface area contributed by atoms with Crippen molar-refractivity contribution >= 4 is 29.0 Å². The minimum Gasteiger partial charge on any atom is -0.487 e. The number of amides is 1. The Morgan fingerprint density at radius 2 is 2.07 bits per heavy atom. The SMILES string of the molecule is CN(Cc1ccsc1)C(=O)C=Cc1ccc(OCc2cn3ccccc3n2)cc1. The molecule has 3 heterocycles. The summed E-state index contributed by atoms with van der Waals surface area (Å²) in [5, 5.41) is 4.07. The van der Waals surface area contributed by atoms with E-state index in [2.05, 4.69) is 10.4 Å². The zero-order chi connectivity index (χ0) is 20.1. The maximum Gasteiger partial charge on any atom is 0.246 e. The molecule has 1 amide bonds. The molecule has 0 saturated carbocycles. The Labute approximate surface area is 173 Å². The number of hydrogen-bond acceptors (Lipinski definition) is 4. The Morgan fingerprint density at radius 1 is 1.21 bits per heavy atom. The number of hydrogen-bond donors (Lipinski definition) is 0. The second-order valence-electron chi connectivity index (χ2n) is 6.72. The number of rotatable bonds is 7. The Morgan fingerprint density at radius 3 is 2.83 bits per heavy atom. The summed E-state index contributed by atoms with van der Waals surface area (Å²) in [5.41, 5.74) is 3.87. The van der Waals surface area contributed by atoms with Crippen LogP contribution < -0.4 is 4.74 Å². The third-order valence-corrected chi connectivity index (χ3v) is 5.21. The van der Waals surface area contributed by atoms with E-state index in [1.54, 1.807) is 29.4 Å². The summed E-state index contributed by atoms with van der Waals surface area (Å²) in [7, 11) is 1.81. The predicted molar refractivity (Wildman–Crippen MR) is 116 cm³/mol. The number of pyridine rings is 1. The van der Waals surface area contributed by atoms with Crippen molar-refractivity contribution in [3.05, 3.63) is 94.6 Å². The number of benzene rings is 1. The molecule has 0 unspecified atom stereocenters. The molecule has 0 radical (unpaired) electrons. The zero-order valence-electron chi connectivity index (χ0n) is 16.1. The maximum absolute atomic E-state index is 12.3. The molecule has 3 aromatic heterocycles. The average molecular weight is 404 g/mol. The van der Waals surface area contributed by atoms with Crippen LogP contribution >= 0.6 is 11.3 Å². The van der Waals surface area contributed by atoms with E-state index in [4.69, 9.17) is 4.74 Å². The van der Waals surface area contributed by atoms with Crippen molar-refractivity contribution in [3.63, 3.8) is 0 Å². The van der Waals surface area contributed by atoms with E-state index >= 15 is 0 Å². The summed E-state index contributed by atoms with van der Waals surface area (Å²) in [5.74, 6) is 0.739. The third-order valence-electron chi connectivity index (χ3n) is 4.48. The van der Waals surface area contributed by atoms with Gasteiger partial charge < -0.3 is 14.0 Å². The van der Waals surface area contributed by atoms with Crippen LogP contribution in [0.4, 0.5) is 0 Å². The molecule has 0 fully saturated rings. The molecule has 6 heteroatoms. The molecule has 146 valence electrons. The first-order valence-electron chi connectivity index (χ1n) is 9.27. The van der Waals surface area contributed by atoms with E-state index in [9.17, 15) is 4.79 Å². The molecule has 29 heavy (non-hydrogen) atoms. The molecular weight excluding hydrogens is 382 g/mol. The van der Waals surface area contributed by atoms with Crippen LogP contribution in [0.1, 0.15) is 16.8 Å². The molecule has 4 rings (SSSR count). The van der Waals surface area contributed by atoms with Gasteiger partial charge in [-0.1, -0.05) is 18.2 Å². The quantitative estimate of drug-likeness (QED) is 0.422. The highest BCUT2D eigenvalue weighted by Crippen LogP contribution is 2.16. The highest BCUT2D eigenvalue weighted by molar-refractivity contribution is 7.07. The fraction of sp³-hybridized carbons (Fsp3) is 0.130. The number of carbonyl (C=O) groups excluding carboxylic acids is 1. The van der Waals surface area contributed by atoms with Gasteiger partial charge in [-0.3, -0.25) is 4.79 Å². The second kappa shape index (κ2) is 8.75. The molecule has 5 nitrogen and oxygen atoms in total. The van der Waals surface area contributed by atoms with E-state index in [-0.39, 0.29) is 5.91 Å². The number of likely N-dealkylation sites (N-methyl/N-ethyl adjacent to an activating group) is 1. The number of fused-ring (bicyclic) bond motifs is 1. The van der Waals surface area contributed by atoms with E-state index in [0.29, 0.717) is 13.2 Å². The van der Waals surface area contributed by atoms with Crippen molar-refractivity contribution in [2.24, 2.45) is 0 Å². The second-order valence-corrected chi connectivity index (χ2v) is 7.50. The van der Waals surface area contributed by atoms with Gasteiger partial charge in [-0.25, -0.2) is 4.98 Å². The van der Waals surface area contributed by atoms with Crippen LogP contribution in [0.5, 0.6) is 5.75 Å². The summed E-state index contributed by atoms with van der Waals surface area (Å²) in [6.07, 6.45) is 7.34. The van der Waals surface area contributed by atoms with Gasteiger partial charge in [-0.05, 0) is 58.3 Å². The zero-order valence-corrected chi connectivity index (χ0v) is 16.9. The lowest BCUT2D eigenvalue weighted by Crippen LogP contribution is -2.23. The molecule has 0 bridgehead atoms. The van der Waals surface area contributed by atoms with E-state index in [1.807, 2.05) is 76.8 Å². The topological polar surface area (TPSA) is 46.8 Å². The van der Waals surface area contributed by atoms with E-state index in [0.717, 1.165) is 28.2 Å². The minimum absolute atomic E-state index is 0.0247. The van der Waals surface area contributed by atoms with Gasteiger partial charge in [-0.15, -0.1) is 0 Å². The Bertz CT molecular complexity index is 1080. The van der Waals surface area contributed by atoms with E-state index in [1.165, 1.54) is 0 Å². The molecule has 0 saturated heterocycles. The summed E-state index contributed by atoms with van der Waals surface area (Å²) in [4.78, 5) is 18.5. The van der Waals surface area contributed by atoms with Crippen molar-refractivity contribution in [2.45, 2.75) is 13.2 Å². The number of ether oxygens (including phenoxy) is 1. The molecule has 1 aromatic carbocycles. The Kier molecular flexibility index (Phi) is 5.72. The number of nitrogens with zero attached hydrogens (tertiary/aromatic N) is 3. The molecule has 0 spiro atoms. The van der Waals surface area contributed by atoms with Gasteiger partial charge in [0.1, 0.15) is 18.0 Å². The van der Waals surface area contributed by atoms with Crippen molar-refractivity contribution in [3.8, 4) is 5.75 Å². The highest BCUT2D eigenvalue weighted by atomic mass is 32.1. The summed E-state index contributed by atoms with van der Waals surface area (Å²) >= 11 is 1.64. The lowest BCUT2D eigenvalue weighted by Gasteiger charge is -2.13. The first-order valence-corrected chi connectivity index (χ1v) is 10.2. The average Bonchev–Trinajstić information content (AvgIpc) is 3.40. The minimum atomic E-state index is -0.0247. The van der Waals surface area contributed by atoms with Gasteiger partial charge in [0, 0.05) is 32.1 Å². The maximum atomic E-state index is 12.3. The Hall–Kier alpha value is -3.38. The largest absolute Gasteiger partial charge is 0.487 e. The van der Waals surface area contributed by atoms with Gasteiger partial charge in [0.15, 0.2) is 0 Å². The van der Waals surface area contributed by atoms with Crippen molar-refractivity contribution < 1.29 is 9.53 Å². The van der Waals surface area contributed by atoms with Crippen LogP contribution in [-0.2, 0) is 17.9 Å². The number of imidazole rings is 1. The van der Waals surface area contributed by atoms with Crippen LogP contribution in [0.25, 0.3) is 11.7 Å². The number of carbonyl (C=O) groups is 1. The van der Waals surface area contributed by atoms with Crippen molar-refractivity contribution in [2.75, 3.05) is 7.05 Å². The summed E-state index contributed by atoms with van der Waals surface area (Å²) < 4.78 is 7.80.